The molecular formula is C14H10IN3OS. The van der Waals surface area contributed by atoms with Crippen LogP contribution >= 0.6 is 33.9 Å². The number of hydrogen-bond acceptors (Lipinski definition) is 3. The van der Waals surface area contributed by atoms with E-state index in [-0.39, 0.29) is 5.91 Å². The lowest BCUT2D eigenvalue weighted by Gasteiger charge is -2.01. The molecule has 0 radical (unpaired) electrons. The first kappa shape index (κ1) is 13.3. The summed E-state index contributed by atoms with van der Waals surface area (Å²) in [7, 11) is 0. The number of rotatable bonds is 3. The maximum Gasteiger partial charge on any atom is 0.256 e. The van der Waals surface area contributed by atoms with Gasteiger partial charge in [-0.1, -0.05) is 6.07 Å². The Kier molecular flexibility index (Phi) is 3.83. The molecule has 0 aliphatic heterocycles. The molecule has 0 saturated carbocycles. The van der Waals surface area contributed by atoms with Crippen LogP contribution in [0.2, 0.25) is 0 Å². The predicted octanol–water partition coefficient (Wildman–Crippen LogP) is 4.00. The van der Waals surface area contributed by atoms with E-state index in [1.165, 1.54) is 0 Å². The van der Waals surface area contributed by atoms with Crippen LogP contribution in [0.5, 0.6) is 0 Å². The summed E-state index contributed by atoms with van der Waals surface area (Å²) >= 11 is 3.83. The van der Waals surface area contributed by atoms with E-state index < -0.39 is 0 Å². The molecule has 2 heterocycles. The van der Waals surface area contributed by atoms with Crippen molar-refractivity contribution in [3.05, 3.63) is 57.0 Å². The maximum absolute atomic E-state index is 12.1. The van der Waals surface area contributed by atoms with Crippen molar-refractivity contribution in [1.29, 1.82) is 0 Å². The van der Waals surface area contributed by atoms with Gasteiger partial charge in [-0.05, 0) is 58.3 Å². The number of aromatic nitrogens is 2. The summed E-state index contributed by atoms with van der Waals surface area (Å²) < 4.78 is 1.10. The number of thiophene rings is 1. The lowest BCUT2D eigenvalue weighted by atomic mass is 10.2. The third kappa shape index (κ3) is 2.91. The second-order valence-electron chi connectivity index (χ2n) is 4.11. The number of amides is 1. The third-order valence-electron chi connectivity index (χ3n) is 2.71. The Labute approximate surface area is 133 Å². The molecule has 100 valence electrons. The first-order chi connectivity index (χ1) is 9.72. The molecule has 6 heteroatoms. The van der Waals surface area contributed by atoms with Crippen molar-refractivity contribution in [3.8, 4) is 10.6 Å². The smallest absolute Gasteiger partial charge is 0.256 e. The van der Waals surface area contributed by atoms with E-state index in [4.69, 9.17) is 0 Å². The molecule has 4 nitrogen and oxygen atoms in total. The molecule has 0 atom stereocenters. The summed E-state index contributed by atoms with van der Waals surface area (Å²) in [5.74, 6) is 0.363. The zero-order chi connectivity index (χ0) is 13.9. The van der Waals surface area contributed by atoms with E-state index in [2.05, 4.69) is 38.1 Å². The Hall–Kier alpha value is -1.67. The van der Waals surface area contributed by atoms with Crippen molar-refractivity contribution in [2.24, 2.45) is 0 Å². The molecule has 0 fully saturated rings. The summed E-state index contributed by atoms with van der Waals surface area (Å²) in [6.07, 6.45) is 0. The number of halogens is 1. The Morgan fingerprint density at radius 1 is 1.25 bits per heavy atom. The number of aromatic amines is 1. The molecule has 20 heavy (non-hydrogen) atoms. The van der Waals surface area contributed by atoms with Gasteiger partial charge in [0.15, 0.2) is 5.82 Å². The van der Waals surface area contributed by atoms with Crippen LogP contribution in [-0.4, -0.2) is 16.1 Å². The number of anilines is 1. The van der Waals surface area contributed by atoms with Crippen molar-refractivity contribution in [3.63, 3.8) is 0 Å². The zero-order valence-corrected chi connectivity index (χ0v) is 13.2. The number of hydrogen-bond donors (Lipinski definition) is 2. The van der Waals surface area contributed by atoms with Gasteiger partial charge in [-0.2, -0.15) is 5.10 Å². The van der Waals surface area contributed by atoms with Gasteiger partial charge in [0.1, 0.15) is 0 Å². The SMILES string of the molecule is O=C(Nc1cc(-c2cccs2)[nH]n1)c1ccc(I)cc1. The molecule has 0 saturated heterocycles. The molecule has 3 aromatic rings. The van der Waals surface area contributed by atoms with Gasteiger partial charge < -0.3 is 5.32 Å². The van der Waals surface area contributed by atoms with Crippen LogP contribution < -0.4 is 5.32 Å². The highest BCUT2D eigenvalue weighted by molar-refractivity contribution is 14.1. The Morgan fingerprint density at radius 2 is 2.05 bits per heavy atom. The quantitative estimate of drug-likeness (QED) is 0.659. The van der Waals surface area contributed by atoms with Gasteiger partial charge in [-0.25, -0.2) is 0 Å². The number of H-pyrrole nitrogens is 1. The van der Waals surface area contributed by atoms with Crippen LogP contribution in [0, 0.1) is 3.57 Å². The van der Waals surface area contributed by atoms with Crippen LogP contribution in [-0.2, 0) is 0 Å². The molecule has 2 N–H and O–H groups in total. The fourth-order valence-corrected chi connectivity index (χ4v) is 2.79. The van der Waals surface area contributed by atoms with Crippen LogP contribution in [0.3, 0.4) is 0 Å². The number of carbonyl (C=O) groups excluding carboxylic acids is 1. The van der Waals surface area contributed by atoms with Gasteiger partial charge in [-0.15, -0.1) is 11.3 Å². The lowest BCUT2D eigenvalue weighted by Crippen LogP contribution is -2.11. The van der Waals surface area contributed by atoms with Crippen molar-refractivity contribution < 1.29 is 4.79 Å². The first-order valence-corrected chi connectivity index (χ1v) is 7.84. The summed E-state index contributed by atoms with van der Waals surface area (Å²) in [4.78, 5) is 13.1. The van der Waals surface area contributed by atoms with Crippen LogP contribution in [0.4, 0.5) is 5.82 Å². The van der Waals surface area contributed by atoms with Gasteiger partial charge in [0, 0.05) is 15.2 Å². The predicted molar refractivity (Wildman–Crippen MR) is 89.0 cm³/mol. The largest absolute Gasteiger partial charge is 0.305 e. The monoisotopic (exact) mass is 395 g/mol. The minimum Gasteiger partial charge on any atom is -0.305 e. The average molecular weight is 395 g/mol. The Morgan fingerprint density at radius 3 is 2.75 bits per heavy atom. The Balaban J connectivity index is 1.75. The second kappa shape index (κ2) is 5.76. The highest BCUT2D eigenvalue weighted by Gasteiger charge is 2.09. The van der Waals surface area contributed by atoms with Gasteiger partial charge in [0.05, 0.1) is 10.6 Å². The molecule has 1 aromatic carbocycles. The minimum atomic E-state index is -0.161. The van der Waals surface area contributed by atoms with Crippen LogP contribution in [0.25, 0.3) is 10.6 Å². The summed E-state index contributed by atoms with van der Waals surface area (Å²) in [5.41, 5.74) is 1.52. The minimum absolute atomic E-state index is 0.161. The van der Waals surface area contributed by atoms with Gasteiger partial charge in [-0.3, -0.25) is 9.89 Å². The maximum atomic E-state index is 12.1. The fourth-order valence-electron chi connectivity index (χ4n) is 1.73. The van der Waals surface area contributed by atoms with E-state index in [0.717, 1.165) is 14.1 Å². The van der Waals surface area contributed by atoms with Crippen molar-refractivity contribution in [2.75, 3.05) is 5.32 Å². The van der Waals surface area contributed by atoms with Crippen LogP contribution in [0.15, 0.2) is 47.8 Å². The van der Waals surface area contributed by atoms with E-state index in [1.54, 1.807) is 23.5 Å². The first-order valence-electron chi connectivity index (χ1n) is 5.88. The topological polar surface area (TPSA) is 57.8 Å². The van der Waals surface area contributed by atoms with Gasteiger partial charge >= 0.3 is 0 Å². The Bertz CT molecular complexity index is 719. The normalized spacial score (nSPS) is 10.4. The third-order valence-corrected chi connectivity index (χ3v) is 4.33. The van der Waals surface area contributed by atoms with Gasteiger partial charge in [0.2, 0.25) is 0 Å². The molecule has 1 amide bonds. The molecule has 0 spiro atoms. The second-order valence-corrected chi connectivity index (χ2v) is 6.30. The lowest BCUT2D eigenvalue weighted by molar-refractivity contribution is 0.102. The number of nitrogens with zero attached hydrogens (tertiary/aromatic N) is 1. The van der Waals surface area contributed by atoms with E-state index in [0.29, 0.717) is 11.4 Å². The number of benzene rings is 1. The van der Waals surface area contributed by atoms with E-state index in [9.17, 15) is 4.79 Å². The van der Waals surface area contributed by atoms with Crippen molar-refractivity contribution >= 4 is 45.7 Å². The standard InChI is InChI=1S/C14H10IN3OS/c15-10-5-3-9(4-6-10)14(19)16-13-8-11(17-18-13)12-2-1-7-20-12/h1-8H,(H2,16,17,18,19). The van der Waals surface area contributed by atoms with E-state index >= 15 is 0 Å². The van der Waals surface area contributed by atoms with Gasteiger partial charge in [0.25, 0.3) is 5.91 Å². The van der Waals surface area contributed by atoms with Crippen molar-refractivity contribution in [2.45, 2.75) is 0 Å². The molecule has 2 aromatic heterocycles. The summed E-state index contributed by atoms with van der Waals surface area (Å²) in [6.45, 7) is 0. The molecule has 0 aliphatic carbocycles. The fraction of sp³-hybridized carbons (Fsp3) is 0. The molecule has 0 aliphatic rings. The van der Waals surface area contributed by atoms with Crippen molar-refractivity contribution in [1.82, 2.24) is 10.2 Å². The zero-order valence-electron chi connectivity index (χ0n) is 10.3. The highest BCUT2D eigenvalue weighted by Crippen LogP contribution is 2.24. The summed E-state index contributed by atoms with van der Waals surface area (Å²) in [6, 6.07) is 13.2. The number of nitrogens with one attached hydrogen (secondary N) is 2. The number of carbonyl (C=O) groups is 1. The molecule has 0 bridgehead atoms. The summed E-state index contributed by atoms with van der Waals surface area (Å²) in [5, 5.41) is 11.8. The highest BCUT2D eigenvalue weighted by atomic mass is 127. The van der Waals surface area contributed by atoms with Crippen LogP contribution in [0.1, 0.15) is 10.4 Å². The van der Waals surface area contributed by atoms with E-state index in [1.807, 2.05) is 35.7 Å². The molecule has 0 unspecified atom stereocenters. The average Bonchev–Trinajstić information content (AvgIpc) is 3.09. The molecular weight excluding hydrogens is 385 g/mol. The molecule has 3 rings (SSSR count).